The average Bonchev–Trinajstić information content (AvgIpc) is 2.85. The Kier molecular flexibility index (Phi) is 9.87. The molecule has 3 aromatic rings. The van der Waals surface area contributed by atoms with E-state index in [2.05, 4.69) is 21.2 Å². The highest BCUT2D eigenvalue weighted by atomic mass is 79.9. The molecule has 1 N–H and O–H groups in total. The largest absolute Gasteiger partial charge is 0.352 e. The van der Waals surface area contributed by atoms with Crippen molar-refractivity contribution in [3.05, 3.63) is 105 Å². The molecule has 0 radical (unpaired) electrons. The Labute approximate surface area is 219 Å². The van der Waals surface area contributed by atoms with Gasteiger partial charge in [-0.15, -0.1) is 0 Å². The molecule has 2 amide bonds. The maximum absolute atomic E-state index is 14.5. The van der Waals surface area contributed by atoms with Crippen molar-refractivity contribution >= 4 is 39.3 Å². The van der Waals surface area contributed by atoms with Crippen molar-refractivity contribution in [1.29, 1.82) is 0 Å². The Morgan fingerprint density at radius 2 is 1.69 bits per heavy atom. The molecule has 0 heterocycles. The average molecular weight is 560 g/mol. The van der Waals surface area contributed by atoms with Crippen LogP contribution in [0.1, 0.15) is 37.0 Å². The highest BCUT2D eigenvalue weighted by Crippen LogP contribution is 2.23. The van der Waals surface area contributed by atoms with E-state index < -0.39 is 11.9 Å². The van der Waals surface area contributed by atoms with E-state index in [4.69, 9.17) is 11.6 Å². The van der Waals surface area contributed by atoms with Crippen LogP contribution in [0, 0.1) is 5.82 Å². The minimum atomic E-state index is -0.784. The molecule has 0 aromatic heterocycles. The van der Waals surface area contributed by atoms with Crippen LogP contribution in [0.2, 0.25) is 5.02 Å². The van der Waals surface area contributed by atoms with Gasteiger partial charge in [0.1, 0.15) is 11.9 Å². The van der Waals surface area contributed by atoms with Crippen LogP contribution in [0.25, 0.3) is 0 Å². The predicted molar refractivity (Wildman–Crippen MR) is 142 cm³/mol. The molecule has 3 rings (SSSR count). The van der Waals surface area contributed by atoms with Crippen LogP contribution in [-0.4, -0.2) is 28.8 Å². The molecule has 0 aliphatic carbocycles. The van der Waals surface area contributed by atoms with E-state index in [9.17, 15) is 14.0 Å². The van der Waals surface area contributed by atoms with Gasteiger partial charge in [0.15, 0.2) is 0 Å². The smallest absolute Gasteiger partial charge is 0.243 e. The van der Waals surface area contributed by atoms with Crippen LogP contribution >= 0.6 is 27.5 Å². The number of nitrogens with zero attached hydrogens (tertiary/aromatic N) is 1. The van der Waals surface area contributed by atoms with Gasteiger partial charge in [-0.2, -0.15) is 0 Å². The van der Waals surface area contributed by atoms with E-state index in [0.29, 0.717) is 6.42 Å². The van der Waals surface area contributed by atoms with Gasteiger partial charge in [-0.25, -0.2) is 4.39 Å². The Bertz CT molecular complexity index is 1120. The number of hydrogen-bond donors (Lipinski definition) is 1. The Balaban J connectivity index is 2.00. The fourth-order valence-electron chi connectivity index (χ4n) is 3.74. The van der Waals surface area contributed by atoms with Gasteiger partial charge < -0.3 is 10.2 Å². The lowest BCUT2D eigenvalue weighted by Gasteiger charge is -2.32. The Morgan fingerprint density at radius 3 is 2.31 bits per heavy atom. The number of halogens is 3. The first-order chi connectivity index (χ1) is 16.8. The van der Waals surface area contributed by atoms with E-state index in [1.165, 1.54) is 17.0 Å². The van der Waals surface area contributed by atoms with Gasteiger partial charge in [-0.05, 0) is 48.7 Å². The molecule has 2 unspecified atom stereocenters. The monoisotopic (exact) mass is 558 g/mol. The standard InChI is InChI=1S/C28H29BrClFN2O2/c1-3-19(2)32-28(35)26(16-20-8-5-4-6-9-20)33(18-21-12-14-22(29)15-13-21)27(34)17-23-24(30)10-7-11-25(23)31/h4-15,19,26H,3,16-18H2,1-2H3,(H,32,35). The van der Waals surface area contributed by atoms with E-state index in [0.717, 1.165) is 22.0 Å². The first-order valence-corrected chi connectivity index (χ1v) is 12.8. The molecule has 0 saturated heterocycles. The van der Waals surface area contributed by atoms with Crippen molar-refractivity contribution in [3.63, 3.8) is 0 Å². The van der Waals surface area contributed by atoms with Gasteiger partial charge in [0.05, 0.1) is 6.42 Å². The molecule has 3 aromatic carbocycles. The number of carbonyl (C=O) groups excluding carboxylic acids is 2. The number of amides is 2. The topological polar surface area (TPSA) is 49.4 Å². The lowest BCUT2D eigenvalue weighted by molar-refractivity contribution is -0.141. The maximum atomic E-state index is 14.5. The first-order valence-electron chi connectivity index (χ1n) is 11.6. The fraction of sp³-hybridized carbons (Fsp3) is 0.286. The van der Waals surface area contributed by atoms with E-state index in [1.807, 2.05) is 68.4 Å². The molecule has 0 spiro atoms. The summed E-state index contributed by atoms with van der Waals surface area (Å²) in [4.78, 5) is 28.7. The summed E-state index contributed by atoms with van der Waals surface area (Å²) in [6.45, 7) is 4.11. The minimum absolute atomic E-state index is 0.0496. The molecule has 0 aliphatic rings. The molecule has 0 fully saturated rings. The molecule has 184 valence electrons. The van der Waals surface area contributed by atoms with Crippen molar-refractivity contribution in [2.45, 2.75) is 51.7 Å². The number of rotatable bonds is 10. The highest BCUT2D eigenvalue weighted by molar-refractivity contribution is 9.10. The molecule has 0 aliphatic heterocycles. The van der Waals surface area contributed by atoms with E-state index in [1.54, 1.807) is 6.07 Å². The molecule has 4 nitrogen and oxygen atoms in total. The Morgan fingerprint density at radius 1 is 1.00 bits per heavy atom. The lowest BCUT2D eigenvalue weighted by atomic mass is 10.0. The summed E-state index contributed by atoms with van der Waals surface area (Å²) >= 11 is 9.65. The van der Waals surface area contributed by atoms with Crippen molar-refractivity contribution in [2.75, 3.05) is 0 Å². The summed E-state index contributed by atoms with van der Waals surface area (Å²) in [7, 11) is 0. The van der Waals surface area contributed by atoms with Gasteiger partial charge in [0.25, 0.3) is 0 Å². The van der Waals surface area contributed by atoms with Crippen LogP contribution < -0.4 is 5.32 Å². The number of carbonyl (C=O) groups is 2. The second-order valence-electron chi connectivity index (χ2n) is 8.55. The van der Waals surface area contributed by atoms with Gasteiger partial charge in [0, 0.05) is 34.1 Å². The molecule has 0 saturated carbocycles. The predicted octanol–water partition coefficient (Wildman–Crippen LogP) is 6.34. The third kappa shape index (κ3) is 7.64. The molecule has 0 bridgehead atoms. The van der Waals surface area contributed by atoms with Crippen LogP contribution in [0.15, 0.2) is 77.3 Å². The van der Waals surface area contributed by atoms with Gasteiger partial charge in [-0.3, -0.25) is 9.59 Å². The normalized spacial score (nSPS) is 12.6. The van der Waals surface area contributed by atoms with Crippen molar-refractivity contribution < 1.29 is 14.0 Å². The van der Waals surface area contributed by atoms with Crippen molar-refractivity contribution in [3.8, 4) is 0 Å². The summed E-state index contributed by atoms with van der Waals surface area (Å²) in [6, 6.07) is 20.6. The second-order valence-corrected chi connectivity index (χ2v) is 9.87. The maximum Gasteiger partial charge on any atom is 0.243 e. The van der Waals surface area contributed by atoms with E-state index >= 15 is 0 Å². The minimum Gasteiger partial charge on any atom is -0.352 e. The fourth-order valence-corrected chi connectivity index (χ4v) is 4.23. The summed E-state index contributed by atoms with van der Waals surface area (Å²) < 4.78 is 15.4. The van der Waals surface area contributed by atoms with Gasteiger partial charge >= 0.3 is 0 Å². The van der Waals surface area contributed by atoms with E-state index in [-0.39, 0.29) is 41.4 Å². The number of benzene rings is 3. The van der Waals surface area contributed by atoms with Crippen LogP contribution in [-0.2, 0) is 29.0 Å². The summed E-state index contributed by atoms with van der Waals surface area (Å²) in [5.41, 5.74) is 1.91. The zero-order valence-electron chi connectivity index (χ0n) is 19.8. The summed E-state index contributed by atoms with van der Waals surface area (Å²) in [5, 5.41) is 3.21. The van der Waals surface area contributed by atoms with Gasteiger partial charge in [-0.1, -0.05) is 83.0 Å². The first kappa shape index (κ1) is 26.9. The quantitative estimate of drug-likeness (QED) is 0.315. The molecule has 2 atom stereocenters. The van der Waals surface area contributed by atoms with Gasteiger partial charge in [0.2, 0.25) is 11.8 Å². The molecular weight excluding hydrogens is 531 g/mol. The zero-order valence-corrected chi connectivity index (χ0v) is 22.2. The van der Waals surface area contributed by atoms with Crippen molar-refractivity contribution in [2.24, 2.45) is 0 Å². The zero-order chi connectivity index (χ0) is 25.4. The third-order valence-corrected chi connectivity index (χ3v) is 6.81. The Hall–Kier alpha value is -2.70. The second kappa shape index (κ2) is 12.8. The number of nitrogens with one attached hydrogen (secondary N) is 1. The third-order valence-electron chi connectivity index (χ3n) is 5.93. The van der Waals surface area contributed by atoms with Crippen LogP contribution in [0.3, 0.4) is 0 Å². The number of hydrogen-bond acceptors (Lipinski definition) is 2. The van der Waals surface area contributed by atoms with Crippen molar-refractivity contribution in [1.82, 2.24) is 10.2 Å². The lowest BCUT2D eigenvalue weighted by Crippen LogP contribution is -2.52. The molecular formula is C28H29BrClFN2O2. The highest BCUT2D eigenvalue weighted by Gasteiger charge is 2.31. The van der Waals surface area contributed by atoms with Crippen LogP contribution in [0.5, 0.6) is 0 Å². The molecule has 35 heavy (non-hydrogen) atoms. The van der Waals surface area contributed by atoms with Crippen LogP contribution in [0.4, 0.5) is 4.39 Å². The summed E-state index contributed by atoms with van der Waals surface area (Å²) in [6.07, 6.45) is 0.843. The summed E-state index contributed by atoms with van der Waals surface area (Å²) in [5.74, 6) is -1.16. The molecule has 7 heteroatoms. The SMILES string of the molecule is CCC(C)NC(=O)C(Cc1ccccc1)N(Cc1ccc(Br)cc1)C(=O)Cc1c(F)cccc1Cl.